The van der Waals surface area contributed by atoms with E-state index in [0.717, 1.165) is 12.8 Å². The smallest absolute Gasteiger partial charge is 0.307 e. The number of thiophene rings is 1. The summed E-state index contributed by atoms with van der Waals surface area (Å²) in [5.41, 5.74) is 0.836. The molecule has 3 rings (SSSR count). The number of nitrogens with zero attached hydrogens (tertiary/aromatic N) is 1. The molecule has 1 fully saturated rings. The number of fused-ring (bicyclic) bond motifs is 1. The van der Waals surface area contributed by atoms with E-state index in [-0.39, 0.29) is 17.9 Å². The summed E-state index contributed by atoms with van der Waals surface area (Å²) in [4.78, 5) is 27.5. The Hall–Kier alpha value is -1.36. The fourth-order valence-corrected chi connectivity index (χ4v) is 4.77. The van der Waals surface area contributed by atoms with Crippen LogP contribution in [0.1, 0.15) is 43.7 Å². The molecule has 2 heterocycles. The predicted octanol–water partition coefficient (Wildman–Crippen LogP) is 2.94. The van der Waals surface area contributed by atoms with E-state index in [2.05, 4.69) is 18.4 Å². The number of hydrogen-bond donors (Lipinski definition) is 1. The van der Waals surface area contributed by atoms with Gasteiger partial charge in [0.15, 0.2) is 0 Å². The van der Waals surface area contributed by atoms with Crippen molar-refractivity contribution < 1.29 is 14.7 Å². The number of carbonyl (C=O) groups excluding carboxylic acids is 1. The summed E-state index contributed by atoms with van der Waals surface area (Å²) < 4.78 is 0. The van der Waals surface area contributed by atoms with Gasteiger partial charge in [-0.15, -0.1) is 11.3 Å². The molecule has 21 heavy (non-hydrogen) atoms. The third-order valence-electron chi connectivity index (χ3n) is 5.12. The van der Waals surface area contributed by atoms with E-state index in [0.29, 0.717) is 6.54 Å². The van der Waals surface area contributed by atoms with E-state index in [9.17, 15) is 14.7 Å². The van der Waals surface area contributed by atoms with Gasteiger partial charge in [-0.25, -0.2) is 0 Å². The number of rotatable bonds is 3. The summed E-state index contributed by atoms with van der Waals surface area (Å²) >= 11 is 1.76. The average molecular weight is 307 g/mol. The molecule has 1 aliphatic heterocycles. The lowest BCUT2D eigenvalue weighted by Crippen LogP contribution is -2.41. The molecule has 1 amide bonds. The summed E-state index contributed by atoms with van der Waals surface area (Å²) in [5, 5.41) is 11.4. The van der Waals surface area contributed by atoms with Crippen molar-refractivity contribution in [2.75, 3.05) is 6.54 Å². The monoisotopic (exact) mass is 307 g/mol. The fourth-order valence-electron chi connectivity index (χ4n) is 3.84. The molecule has 0 aromatic carbocycles. The number of aliphatic carboxylic acids is 1. The molecule has 0 radical (unpaired) electrons. The van der Waals surface area contributed by atoms with Gasteiger partial charge in [0.25, 0.3) is 0 Å². The van der Waals surface area contributed by atoms with Crippen LogP contribution in [0.4, 0.5) is 0 Å². The summed E-state index contributed by atoms with van der Waals surface area (Å²) in [6.45, 7) is 6.57. The SMILES string of the molecule is CCC1c2ccsc2CCN1C(=O)C1C(C(=O)O)C1(C)C. The quantitative estimate of drug-likeness (QED) is 0.934. The highest BCUT2D eigenvalue weighted by atomic mass is 32.1. The second-order valence-electron chi connectivity index (χ2n) is 6.62. The van der Waals surface area contributed by atoms with Gasteiger partial charge >= 0.3 is 5.97 Å². The van der Waals surface area contributed by atoms with Crippen LogP contribution in [0.2, 0.25) is 0 Å². The molecule has 5 heteroatoms. The van der Waals surface area contributed by atoms with Crippen LogP contribution in [0.5, 0.6) is 0 Å². The Labute approximate surface area is 128 Å². The maximum atomic E-state index is 12.9. The van der Waals surface area contributed by atoms with Crippen LogP contribution >= 0.6 is 11.3 Å². The zero-order valence-corrected chi connectivity index (χ0v) is 13.4. The Bertz CT molecular complexity index is 592. The lowest BCUT2D eigenvalue weighted by atomic mass is 9.96. The van der Waals surface area contributed by atoms with E-state index < -0.39 is 17.3 Å². The molecule has 0 bridgehead atoms. The van der Waals surface area contributed by atoms with Gasteiger partial charge in [0.2, 0.25) is 5.91 Å². The molecule has 1 aromatic rings. The molecule has 0 spiro atoms. The Morgan fingerprint density at radius 2 is 2.14 bits per heavy atom. The van der Waals surface area contributed by atoms with Gasteiger partial charge in [0, 0.05) is 11.4 Å². The van der Waals surface area contributed by atoms with Crippen molar-refractivity contribution >= 4 is 23.2 Å². The molecular formula is C16H21NO3S. The molecule has 3 atom stereocenters. The first kappa shape index (κ1) is 14.6. The molecule has 1 N–H and O–H groups in total. The minimum Gasteiger partial charge on any atom is -0.481 e. The maximum Gasteiger partial charge on any atom is 0.307 e. The Morgan fingerprint density at radius 1 is 1.43 bits per heavy atom. The Kier molecular flexibility index (Phi) is 3.35. The van der Waals surface area contributed by atoms with E-state index in [1.165, 1.54) is 10.4 Å². The first-order valence-corrected chi connectivity index (χ1v) is 8.37. The highest BCUT2D eigenvalue weighted by molar-refractivity contribution is 7.10. The van der Waals surface area contributed by atoms with Gasteiger partial charge in [-0.3, -0.25) is 9.59 Å². The van der Waals surface area contributed by atoms with Crippen molar-refractivity contribution in [3.05, 3.63) is 21.9 Å². The second-order valence-corrected chi connectivity index (χ2v) is 7.62. The van der Waals surface area contributed by atoms with Crippen molar-refractivity contribution in [2.45, 2.75) is 39.7 Å². The molecule has 0 saturated heterocycles. The molecule has 3 unspecified atom stereocenters. The predicted molar refractivity (Wildman–Crippen MR) is 81.2 cm³/mol. The van der Waals surface area contributed by atoms with Gasteiger partial charge in [0.1, 0.15) is 0 Å². The van der Waals surface area contributed by atoms with Crippen LogP contribution < -0.4 is 0 Å². The average Bonchev–Trinajstić information content (AvgIpc) is 2.80. The standard InChI is InChI=1S/C16H21NO3S/c1-4-10-9-6-8-21-11(9)5-7-17(10)14(18)12-13(15(19)20)16(12,2)3/h6,8,10,12-13H,4-5,7H2,1-3H3,(H,19,20). The first-order chi connectivity index (χ1) is 9.89. The fraction of sp³-hybridized carbons (Fsp3) is 0.625. The zero-order valence-electron chi connectivity index (χ0n) is 12.6. The van der Waals surface area contributed by atoms with E-state index in [1.54, 1.807) is 11.3 Å². The van der Waals surface area contributed by atoms with Gasteiger partial charge in [-0.05, 0) is 35.3 Å². The van der Waals surface area contributed by atoms with Crippen LogP contribution in [-0.2, 0) is 16.0 Å². The third kappa shape index (κ3) is 2.09. The lowest BCUT2D eigenvalue weighted by molar-refractivity contribution is -0.143. The number of carboxylic acid groups (broad SMARTS) is 1. The molecule has 1 aromatic heterocycles. The van der Waals surface area contributed by atoms with E-state index in [4.69, 9.17) is 0 Å². The summed E-state index contributed by atoms with van der Waals surface area (Å²) in [7, 11) is 0. The van der Waals surface area contributed by atoms with E-state index in [1.807, 2.05) is 18.7 Å². The zero-order chi connectivity index (χ0) is 15.4. The van der Waals surface area contributed by atoms with Crippen LogP contribution in [0, 0.1) is 17.3 Å². The van der Waals surface area contributed by atoms with Crippen LogP contribution in [0.15, 0.2) is 11.4 Å². The Morgan fingerprint density at radius 3 is 2.71 bits per heavy atom. The topological polar surface area (TPSA) is 57.6 Å². The van der Waals surface area contributed by atoms with Crippen LogP contribution in [0.3, 0.4) is 0 Å². The van der Waals surface area contributed by atoms with Crippen molar-refractivity contribution in [3.63, 3.8) is 0 Å². The van der Waals surface area contributed by atoms with Crippen LogP contribution in [-0.4, -0.2) is 28.4 Å². The summed E-state index contributed by atoms with van der Waals surface area (Å²) in [6, 6.07) is 2.22. The number of amides is 1. The van der Waals surface area contributed by atoms with Crippen molar-refractivity contribution in [3.8, 4) is 0 Å². The Balaban J connectivity index is 1.85. The van der Waals surface area contributed by atoms with Gasteiger partial charge < -0.3 is 10.0 Å². The molecule has 1 aliphatic carbocycles. The van der Waals surface area contributed by atoms with Crippen molar-refractivity contribution in [2.24, 2.45) is 17.3 Å². The molecule has 2 aliphatic rings. The van der Waals surface area contributed by atoms with Gasteiger partial charge in [-0.2, -0.15) is 0 Å². The third-order valence-corrected chi connectivity index (χ3v) is 6.12. The molecule has 4 nitrogen and oxygen atoms in total. The second kappa shape index (κ2) is 4.83. The molecular weight excluding hydrogens is 286 g/mol. The number of hydrogen-bond acceptors (Lipinski definition) is 3. The summed E-state index contributed by atoms with van der Waals surface area (Å²) in [6.07, 6.45) is 1.76. The van der Waals surface area contributed by atoms with E-state index >= 15 is 0 Å². The highest BCUT2D eigenvalue weighted by Crippen LogP contribution is 2.59. The number of carboxylic acids is 1. The lowest BCUT2D eigenvalue weighted by Gasteiger charge is -2.36. The van der Waals surface area contributed by atoms with Crippen molar-refractivity contribution in [1.82, 2.24) is 4.90 Å². The van der Waals surface area contributed by atoms with Crippen LogP contribution in [0.25, 0.3) is 0 Å². The molecule has 1 saturated carbocycles. The molecule has 114 valence electrons. The summed E-state index contributed by atoms with van der Waals surface area (Å²) in [5.74, 6) is -1.73. The van der Waals surface area contributed by atoms with Crippen molar-refractivity contribution in [1.29, 1.82) is 0 Å². The largest absolute Gasteiger partial charge is 0.481 e. The normalized spacial score (nSPS) is 29.9. The maximum absolute atomic E-state index is 12.9. The minimum atomic E-state index is -0.848. The minimum absolute atomic E-state index is 0.0242. The van der Waals surface area contributed by atoms with Gasteiger partial charge in [0.05, 0.1) is 17.9 Å². The van der Waals surface area contributed by atoms with Gasteiger partial charge in [-0.1, -0.05) is 20.8 Å². The highest BCUT2D eigenvalue weighted by Gasteiger charge is 2.67. The first-order valence-electron chi connectivity index (χ1n) is 7.49. The number of carbonyl (C=O) groups is 2.